The summed E-state index contributed by atoms with van der Waals surface area (Å²) in [5, 5.41) is 37.3. The maximum absolute atomic E-state index is 9.33. The quantitative estimate of drug-likeness (QED) is 0.833. The predicted octanol–water partition coefficient (Wildman–Crippen LogP) is 1.87. The second-order valence-electron chi connectivity index (χ2n) is 4.60. The van der Waals surface area contributed by atoms with Gasteiger partial charge in [-0.25, -0.2) is 0 Å². The van der Waals surface area contributed by atoms with Crippen LogP contribution in [0, 0.1) is 56.2 Å². The largest absolute Gasteiger partial charge is 0.497 e. The fraction of sp³-hybridized carbons (Fsp3) is 0.333. The lowest BCUT2D eigenvalue weighted by Gasteiger charge is -2.10. The van der Waals surface area contributed by atoms with Crippen LogP contribution >= 0.6 is 0 Å². The summed E-state index contributed by atoms with van der Waals surface area (Å²) in [7, 11) is 2.91. The number of nitriles is 4. The minimum atomic E-state index is -1.70. The third kappa shape index (κ3) is 1.54. The second kappa shape index (κ2) is 4.71. The molecule has 1 saturated carbocycles. The molecule has 1 aromatic rings. The number of hydrogen-bond acceptors (Lipinski definition) is 6. The van der Waals surface area contributed by atoms with E-state index in [0.717, 1.165) is 0 Å². The van der Waals surface area contributed by atoms with Gasteiger partial charge in [0.25, 0.3) is 0 Å². The molecule has 0 bridgehead atoms. The number of hydrogen-bond donors (Lipinski definition) is 0. The van der Waals surface area contributed by atoms with Gasteiger partial charge in [0, 0.05) is 5.56 Å². The molecule has 1 aliphatic carbocycles. The van der Waals surface area contributed by atoms with Crippen LogP contribution in [0.1, 0.15) is 11.5 Å². The standard InChI is InChI=1S/C15H10N4O2/c1-20-10-3-4-12(21-2)11(5-10)13-14(6-16,7-17)15(13,8-18)9-19/h3-5,13H,1-2H3. The molecule has 0 radical (unpaired) electrons. The Kier molecular flexibility index (Phi) is 3.18. The molecule has 1 fully saturated rings. The van der Waals surface area contributed by atoms with E-state index in [1.807, 2.05) is 24.3 Å². The third-order valence-corrected chi connectivity index (χ3v) is 3.86. The van der Waals surface area contributed by atoms with Gasteiger partial charge in [-0.05, 0) is 18.2 Å². The van der Waals surface area contributed by atoms with Gasteiger partial charge in [0.2, 0.25) is 0 Å². The van der Waals surface area contributed by atoms with Crippen LogP contribution in [-0.4, -0.2) is 14.2 Å². The van der Waals surface area contributed by atoms with Gasteiger partial charge in [-0.2, -0.15) is 21.0 Å². The molecule has 0 amide bonds. The van der Waals surface area contributed by atoms with Crippen molar-refractivity contribution in [3.05, 3.63) is 23.8 Å². The Labute approximate surface area is 122 Å². The lowest BCUT2D eigenvalue weighted by molar-refractivity contribution is 0.398. The number of ether oxygens (including phenoxy) is 2. The highest BCUT2D eigenvalue weighted by molar-refractivity contribution is 5.62. The minimum Gasteiger partial charge on any atom is -0.497 e. The second-order valence-corrected chi connectivity index (χ2v) is 4.60. The molecule has 2 rings (SSSR count). The third-order valence-electron chi connectivity index (χ3n) is 3.86. The Morgan fingerprint density at radius 3 is 1.81 bits per heavy atom. The molecule has 0 N–H and O–H groups in total. The highest BCUT2D eigenvalue weighted by atomic mass is 16.5. The normalized spacial score (nSPS) is 17.4. The Hall–Kier alpha value is -3.22. The van der Waals surface area contributed by atoms with Gasteiger partial charge in [-0.15, -0.1) is 0 Å². The van der Waals surface area contributed by atoms with E-state index in [2.05, 4.69) is 0 Å². The topological polar surface area (TPSA) is 114 Å². The molecule has 0 aromatic heterocycles. The molecule has 6 heteroatoms. The molecule has 0 saturated heterocycles. The number of benzene rings is 1. The van der Waals surface area contributed by atoms with Gasteiger partial charge in [0.05, 0.1) is 44.4 Å². The zero-order valence-electron chi connectivity index (χ0n) is 11.4. The van der Waals surface area contributed by atoms with Crippen LogP contribution in [0.2, 0.25) is 0 Å². The molecular formula is C15H10N4O2. The van der Waals surface area contributed by atoms with Crippen molar-refractivity contribution in [3.8, 4) is 35.8 Å². The molecule has 0 atom stereocenters. The molecule has 102 valence electrons. The molecule has 0 spiro atoms. The lowest BCUT2D eigenvalue weighted by atomic mass is 9.98. The van der Waals surface area contributed by atoms with E-state index in [1.54, 1.807) is 18.2 Å². The molecule has 1 aliphatic rings. The molecule has 0 heterocycles. The highest BCUT2D eigenvalue weighted by Crippen LogP contribution is 2.74. The number of methoxy groups -OCH3 is 2. The Morgan fingerprint density at radius 2 is 1.43 bits per heavy atom. The van der Waals surface area contributed by atoms with Gasteiger partial charge in [-0.3, -0.25) is 0 Å². The Balaban J connectivity index is 2.69. The van der Waals surface area contributed by atoms with Gasteiger partial charge in [-0.1, -0.05) is 0 Å². The van der Waals surface area contributed by atoms with E-state index < -0.39 is 16.7 Å². The van der Waals surface area contributed by atoms with Crippen molar-refractivity contribution in [3.63, 3.8) is 0 Å². The van der Waals surface area contributed by atoms with Crippen LogP contribution in [0.5, 0.6) is 11.5 Å². The highest BCUT2D eigenvalue weighted by Gasteiger charge is 2.82. The summed E-state index contributed by atoms with van der Waals surface area (Å²) in [5.74, 6) is 0.0374. The SMILES string of the molecule is COc1ccc(OC)c(C2C(C#N)(C#N)C2(C#N)C#N)c1. The predicted molar refractivity (Wildman–Crippen MR) is 69.6 cm³/mol. The number of rotatable bonds is 3. The summed E-state index contributed by atoms with van der Waals surface area (Å²) >= 11 is 0. The monoisotopic (exact) mass is 278 g/mol. The van der Waals surface area contributed by atoms with Gasteiger partial charge in [0.1, 0.15) is 11.5 Å². The van der Waals surface area contributed by atoms with E-state index in [-0.39, 0.29) is 0 Å². The van der Waals surface area contributed by atoms with Gasteiger partial charge < -0.3 is 9.47 Å². The van der Waals surface area contributed by atoms with E-state index in [9.17, 15) is 21.0 Å². The smallest absolute Gasteiger partial charge is 0.185 e. The molecule has 0 unspecified atom stereocenters. The van der Waals surface area contributed by atoms with Crippen molar-refractivity contribution >= 4 is 0 Å². The summed E-state index contributed by atoms with van der Waals surface area (Å²) in [5.41, 5.74) is -2.95. The summed E-state index contributed by atoms with van der Waals surface area (Å²) in [6, 6.07) is 12.2. The zero-order chi connectivity index (χ0) is 15.7. The van der Waals surface area contributed by atoms with E-state index >= 15 is 0 Å². The Bertz CT molecular complexity index is 692. The summed E-state index contributed by atoms with van der Waals surface area (Å²) in [4.78, 5) is 0. The van der Waals surface area contributed by atoms with Crippen LogP contribution < -0.4 is 9.47 Å². The zero-order valence-corrected chi connectivity index (χ0v) is 11.4. The maximum Gasteiger partial charge on any atom is 0.185 e. The van der Waals surface area contributed by atoms with Crippen LogP contribution in [-0.2, 0) is 0 Å². The average molecular weight is 278 g/mol. The van der Waals surface area contributed by atoms with Gasteiger partial charge >= 0.3 is 0 Å². The van der Waals surface area contributed by atoms with Crippen molar-refractivity contribution in [2.24, 2.45) is 10.8 Å². The van der Waals surface area contributed by atoms with Crippen LogP contribution in [0.3, 0.4) is 0 Å². The molecule has 1 aromatic carbocycles. The summed E-state index contributed by atoms with van der Waals surface area (Å²) in [6.45, 7) is 0. The van der Waals surface area contributed by atoms with E-state index in [0.29, 0.717) is 17.1 Å². The fourth-order valence-corrected chi connectivity index (χ4v) is 2.67. The summed E-state index contributed by atoms with van der Waals surface area (Å²) < 4.78 is 10.3. The first kappa shape index (κ1) is 14.2. The molecular weight excluding hydrogens is 268 g/mol. The van der Waals surface area contributed by atoms with Crippen molar-refractivity contribution in [1.82, 2.24) is 0 Å². The molecule has 6 nitrogen and oxygen atoms in total. The Morgan fingerprint density at radius 1 is 0.905 bits per heavy atom. The minimum absolute atomic E-state index is 0.406. The van der Waals surface area contributed by atoms with Crippen molar-refractivity contribution in [2.45, 2.75) is 5.92 Å². The molecule has 0 aliphatic heterocycles. The van der Waals surface area contributed by atoms with Crippen molar-refractivity contribution in [1.29, 1.82) is 21.0 Å². The number of nitrogens with zero attached hydrogens (tertiary/aromatic N) is 4. The van der Waals surface area contributed by atoms with Crippen molar-refractivity contribution in [2.75, 3.05) is 14.2 Å². The maximum atomic E-state index is 9.33. The fourth-order valence-electron chi connectivity index (χ4n) is 2.67. The average Bonchev–Trinajstić information content (AvgIpc) is 3.16. The van der Waals surface area contributed by atoms with E-state index in [1.165, 1.54) is 14.2 Å². The van der Waals surface area contributed by atoms with E-state index in [4.69, 9.17) is 9.47 Å². The van der Waals surface area contributed by atoms with Crippen LogP contribution in [0.25, 0.3) is 0 Å². The summed E-state index contributed by atoms with van der Waals surface area (Å²) in [6.07, 6.45) is 0. The molecule has 21 heavy (non-hydrogen) atoms. The first-order valence-corrected chi connectivity index (χ1v) is 5.97. The van der Waals surface area contributed by atoms with Crippen LogP contribution in [0.15, 0.2) is 18.2 Å². The first-order chi connectivity index (χ1) is 10.1. The van der Waals surface area contributed by atoms with Crippen molar-refractivity contribution < 1.29 is 9.47 Å². The van der Waals surface area contributed by atoms with Crippen LogP contribution in [0.4, 0.5) is 0 Å². The lowest BCUT2D eigenvalue weighted by Crippen LogP contribution is -2.05. The van der Waals surface area contributed by atoms with Gasteiger partial charge in [0.15, 0.2) is 10.8 Å². The first-order valence-electron chi connectivity index (χ1n) is 5.97.